The summed E-state index contributed by atoms with van der Waals surface area (Å²) < 4.78 is 5.48. The first-order valence-electron chi connectivity index (χ1n) is 6.44. The number of halogens is 1. The number of benzene rings is 2. The molecule has 2 aromatic rings. The number of nitrogens with zero attached hydrogens (tertiary/aromatic N) is 1. The molecule has 2 aromatic carbocycles. The van der Waals surface area contributed by atoms with Crippen LogP contribution in [0.5, 0.6) is 5.75 Å². The summed E-state index contributed by atoms with van der Waals surface area (Å²) in [5.41, 5.74) is 2.24. The first-order valence-corrected chi connectivity index (χ1v) is 6.82. The van der Waals surface area contributed by atoms with E-state index >= 15 is 0 Å². The SMILES string of the molecule is C=CCOc1cccc(/C=C(/C#N)c2cccc(Cl)c2)c1. The molecule has 2 nitrogen and oxygen atoms in total. The van der Waals surface area contributed by atoms with Crippen molar-refractivity contribution in [1.29, 1.82) is 5.26 Å². The average Bonchev–Trinajstić information content (AvgIpc) is 2.51. The summed E-state index contributed by atoms with van der Waals surface area (Å²) in [5.74, 6) is 0.743. The van der Waals surface area contributed by atoms with Crippen LogP contribution < -0.4 is 4.74 Å². The smallest absolute Gasteiger partial charge is 0.120 e. The quantitative estimate of drug-likeness (QED) is 0.443. The lowest BCUT2D eigenvalue weighted by Gasteiger charge is -2.05. The second-order valence-electron chi connectivity index (χ2n) is 4.35. The molecule has 0 amide bonds. The largest absolute Gasteiger partial charge is 0.490 e. The Balaban J connectivity index is 2.32. The Labute approximate surface area is 129 Å². The van der Waals surface area contributed by atoms with Crippen molar-refractivity contribution in [3.8, 4) is 11.8 Å². The Kier molecular flexibility index (Phi) is 5.20. The van der Waals surface area contributed by atoms with Gasteiger partial charge in [0.25, 0.3) is 0 Å². The fraction of sp³-hybridized carbons (Fsp3) is 0.0556. The predicted octanol–water partition coefficient (Wildman–Crippen LogP) is 4.97. The molecule has 0 saturated carbocycles. The zero-order valence-corrected chi connectivity index (χ0v) is 12.2. The van der Waals surface area contributed by atoms with Crippen LogP contribution >= 0.6 is 11.6 Å². The van der Waals surface area contributed by atoms with Gasteiger partial charge < -0.3 is 4.74 Å². The number of hydrogen-bond donors (Lipinski definition) is 0. The van der Waals surface area contributed by atoms with Crippen molar-refractivity contribution in [3.63, 3.8) is 0 Å². The van der Waals surface area contributed by atoms with E-state index in [0.29, 0.717) is 17.2 Å². The average molecular weight is 296 g/mol. The van der Waals surface area contributed by atoms with Gasteiger partial charge in [-0.05, 0) is 41.5 Å². The second-order valence-corrected chi connectivity index (χ2v) is 4.79. The summed E-state index contributed by atoms with van der Waals surface area (Å²) in [5, 5.41) is 9.94. The van der Waals surface area contributed by atoms with Crippen molar-refractivity contribution >= 4 is 23.3 Å². The van der Waals surface area contributed by atoms with Crippen LogP contribution in [0.3, 0.4) is 0 Å². The lowest BCUT2D eigenvalue weighted by Crippen LogP contribution is -1.92. The summed E-state index contributed by atoms with van der Waals surface area (Å²) in [6.07, 6.45) is 3.50. The lowest BCUT2D eigenvalue weighted by atomic mass is 10.0. The fourth-order valence-corrected chi connectivity index (χ4v) is 2.04. The Morgan fingerprint density at radius 1 is 1.24 bits per heavy atom. The zero-order chi connectivity index (χ0) is 15.1. The van der Waals surface area contributed by atoms with Gasteiger partial charge in [0.2, 0.25) is 0 Å². The number of allylic oxidation sites excluding steroid dienone is 1. The second kappa shape index (κ2) is 7.33. The van der Waals surface area contributed by atoms with Gasteiger partial charge in [-0.15, -0.1) is 0 Å². The Bertz CT molecular complexity index is 713. The van der Waals surface area contributed by atoms with Gasteiger partial charge in [-0.1, -0.05) is 48.5 Å². The topological polar surface area (TPSA) is 33.0 Å². The summed E-state index contributed by atoms with van der Waals surface area (Å²) in [6, 6.07) is 17.0. The van der Waals surface area contributed by atoms with Gasteiger partial charge in [-0.25, -0.2) is 0 Å². The molecule has 0 heterocycles. The summed E-state index contributed by atoms with van der Waals surface area (Å²) in [7, 11) is 0. The van der Waals surface area contributed by atoms with E-state index in [1.807, 2.05) is 42.5 Å². The van der Waals surface area contributed by atoms with Crippen LogP contribution in [0.2, 0.25) is 5.02 Å². The van der Waals surface area contributed by atoms with E-state index < -0.39 is 0 Å². The van der Waals surface area contributed by atoms with Gasteiger partial charge in [-0.3, -0.25) is 0 Å². The van der Waals surface area contributed by atoms with Gasteiger partial charge >= 0.3 is 0 Å². The number of ether oxygens (including phenoxy) is 1. The Morgan fingerprint density at radius 3 is 2.76 bits per heavy atom. The predicted molar refractivity (Wildman–Crippen MR) is 87.1 cm³/mol. The van der Waals surface area contributed by atoms with E-state index in [0.717, 1.165) is 16.9 Å². The van der Waals surface area contributed by atoms with E-state index in [-0.39, 0.29) is 0 Å². The molecule has 0 N–H and O–H groups in total. The minimum atomic E-state index is 0.451. The highest BCUT2D eigenvalue weighted by molar-refractivity contribution is 6.30. The molecule has 0 bridgehead atoms. The molecule has 0 aliphatic rings. The van der Waals surface area contributed by atoms with Crippen LogP contribution in [0.25, 0.3) is 11.6 Å². The molecule has 0 spiro atoms. The third-order valence-electron chi connectivity index (χ3n) is 2.79. The highest BCUT2D eigenvalue weighted by Crippen LogP contribution is 2.22. The van der Waals surface area contributed by atoms with Crippen LogP contribution in [0.15, 0.2) is 61.2 Å². The molecule has 104 valence electrons. The minimum absolute atomic E-state index is 0.451. The Morgan fingerprint density at radius 2 is 2.05 bits per heavy atom. The van der Waals surface area contributed by atoms with Crippen molar-refractivity contribution in [2.45, 2.75) is 0 Å². The molecule has 0 aromatic heterocycles. The van der Waals surface area contributed by atoms with Crippen molar-refractivity contribution in [3.05, 3.63) is 77.3 Å². The first-order chi connectivity index (χ1) is 10.2. The molecule has 2 rings (SSSR count). The molecule has 0 radical (unpaired) electrons. The maximum Gasteiger partial charge on any atom is 0.120 e. The van der Waals surface area contributed by atoms with Crippen LogP contribution in [-0.2, 0) is 0 Å². The maximum absolute atomic E-state index is 9.34. The zero-order valence-electron chi connectivity index (χ0n) is 11.4. The van der Waals surface area contributed by atoms with Crippen molar-refractivity contribution in [2.24, 2.45) is 0 Å². The van der Waals surface area contributed by atoms with Gasteiger partial charge in [0.15, 0.2) is 0 Å². The van der Waals surface area contributed by atoms with Crippen LogP contribution in [0, 0.1) is 11.3 Å². The van der Waals surface area contributed by atoms with Gasteiger partial charge in [0.05, 0.1) is 11.6 Å². The molecule has 3 heteroatoms. The highest BCUT2D eigenvalue weighted by Gasteiger charge is 2.02. The third-order valence-corrected chi connectivity index (χ3v) is 3.03. The first kappa shape index (κ1) is 14.9. The fourth-order valence-electron chi connectivity index (χ4n) is 1.85. The molecule has 0 saturated heterocycles. The molecular formula is C18H14ClNO. The van der Waals surface area contributed by atoms with Crippen LogP contribution in [0.4, 0.5) is 0 Å². The minimum Gasteiger partial charge on any atom is -0.490 e. The van der Waals surface area contributed by atoms with Gasteiger partial charge in [0.1, 0.15) is 12.4 Å². The lowest BCUT2D eigenvalue weighted by molar-refractivity contribution is 0.363. The van der Waals surface area contributed by atoms with Crippen molar-refractivity contribution < 1.29 is 4.74 Å². The highest BCUT2D eigenvalue weighted by atomic mass is 35.5. The normalized spacial score (nSPS) is 10.8. The molecule has 0 aliphatic heterocycles. The molecule has 21 heavy (non-hydrogen) atoms. The van der Waals surface area contributed by atoms with Crippen molar-refractivity contribution in [2.75, 3.05) is 6.61 Å². The molecule has 0 fully saturated rings. The molecule has 0 atom stereocenters. The van der Waals surface area contributed by atoms with Crippen LogP contribution in [0.1, 0.15) is 11.1 Å². The standard InChI is InChI=1S/C18H14ClNO/c1-2-9-21-18-8-3-5-14(11-18)10-16(13-20)15-6-4-7-17(19)12-15/h2-8,10-12H,1,9H2/b16-10-. The Hall–Kier alpha value is -2.50. The van der Waals surface area contributed by atoms with Crippen LogP contribution in [-0.4, -0.2) is 6.61 Å². The van der Waals surface area contributed by atoms with Gasteiger partial charge in [-0.2, -0.15) is 5.26 Å². The number of rotatable bonds is 5. The third kappa shape index (κ3) is 4.24. The van der Waals surface area contributed by atoms with E-state index in [2.05, 4.69) is 12.6 Å². The number of hydrogen-bond acceptors (Lipinski definition) is 2. The number of nitriles is 1. The van der Waals surface area contributed by atoms with E-state index in [9.17, 15) is 5.26 Å². The van der Waals surface area contributed by atoms with E-state index in [4.69, 9.17) is 16.3 Å². The molecule has 0 aliphatic carbocycles. The summed E-state index contributed by atoms with van der Waals surface area (Å²) in [6.45, 7) is 4.07. The maximum atomic E-state index is 9.34. The monoisotopic (exact) mass is 295 g/mol. The van der Waals surface area contributed by atoms with Crippen molar-refractivity contribution in [1.82, 2.24) is 0 Å². The van der Waals surface area contributed by atoms with Gasteiger partial charge in [0, 0.05) is 5.02 Å². The van der Waals surface area contributed by atoms with E-state index in [1.54, 1.807) is 18.2 Å². The molecular weight excluding hydrogens is 282 g/mol. The summed E-state index contributed by atoms with van der Waals surface area (Å²) in [4.78, 5) is 0. The van der Waals surface area contributed by atoms with E-state index in [1.165, 1.54) is 0 Å². The summed E-state index contributed by atoms with van der Waals surface area (Å²) >= 11 is 5.97. The molecule has 0 unspecified atom stereocenters.